The molecule has 20 heavy (non-hydrogen) atoms. The number of aliphatic hydroxyl groups is 1. The number of hydrogen-bond donors (Lipinski definition) is 1. The second kappa shape index (κ2) is 5.50. The molecule has 0 aliphatic carbocycles. The van der Waals surface area contributed by atoms with E-state index >= 15 is 0 Å². The fourth-order valence-corrected chi connectivity index (χ4v) is 1.82. The van der Waals surface area contributed by atoms with E-state index in [-0.39, 0.29) is 0 Å². The predicted octanol–water partition coefficient (Wildman–Crippen LogP) is 3.19. The lowest BCUT2D eigenvalue weighted by atomic mass is 10.0. The third-order valence-electron chi connectivity index (χ3n) is 2.88. The summed E-state index contributed by atoms with van der Waals surface area (Å²) in [5.41, 5.74) is 0.0416. The lowest BCUT2D eigenvalue weighted by molar-refractivity contribution is -0.137. The summed E-state index contributed by atoms with van der Waals surface area (Å²) in [4.78, 5) is 3.85. The van der Waals surface area contributed by atoms with E-state index in [4.69, 9.17) is 4.74 Å². The fraction of sp³-hybridized carbons (Fsp3) is 0.214. The van der Waals surface area contributed by atoms with E-state index in [0.717, 1.165) is 12.1 Å². The molecule has 1 atom stereocenters. The van der Waals surface area contributed by atoms with Crippen molar-refractivity contribution in [2.45, 2.75) is 12.3 Å². The third-order valence-corrected chi connectivity index (χ3v) is 2.88. The zero-order chi connectivity index (χ0) is 14.8. The minimum Gasteiger partial charge on any atom is -0.495 e. The highest BCUT2D eigenvalue weighted by atomic mass is 19.4. The van der Waals surface area contributed by atoms with Crippen molar-refractivity contribution in [3.63, 3.8) is 0 Å². The first-order chi connectivity index (χ1) is 9.43. The number of aromatic nitrogens is 1. The fourth-order valence-electron chi connectivity index (χ4n) is 1.82. The lowest BCUT2D eigenvalue weighted by Crippen LogP contribution is -2.06. The largest absolute Gasteiger partial charge is 0.495 e. The van der Waals surface area contributed by atoms with Crippen LogP contribution in [0.5, 0.6) is 5.75 Å². The van der Waals surface area contributed by atoms with Crippen LogP contribution < -0.4 is 4.74 Å². The summed E-state index contributed by atoms with van der Waals surface area (Å²) >= 11 is 0. The molecule has 0 amide bonds. The summed E-state index contributed by atoms with van der Waals surface area (Å²) in [5.74, 6) is 0.375. The Hall–Kier alpha value is -2.08. The SMILES string of the molecule is COc1cnccc1C(O)c1ccc(C(F)(F)F)cc1. The number of hydrogen-bond acceptors (Lipinski definition) is 3. The summed E-state index contributed by atoms with van der Waals surface area (Å²) < 4.78 is 42.5. The van der Waals surface area contributed by atoms with Gasteiger partial charge < -0.3 is 9.84 Å². The highest BCUT2D eigenvalue weighted by Crippen LogP contribution is 2.32. The smallest absolute Gasteiger partial charge is 0.416 e. The quantitative estimate of drug-likeness (QED) is 0.940. The Morgan fingerprint density at radius 1 is 1.15 bits per heavy atom. The van der Waals surface area contributed by atoms with E-state index in [2.05, 4.69) is 4.98 Å². The molecule has 0 bridgehead atoms. The first kappa shape index (κ1) is 14.3. The van der Waals surface area contributed by atoms with Gasteiger partial charge in [-0.05, 0) is 23.8 Å². The van der Waals surface area contributed by atoms with Crippen LogP contribution in [0.2, 0.25) is 0 Å². The van der Waals surface area contributed by atoms with E-state index in [9.17, 15) is 18.3 Å². The van der Waals surface area contributed by atoms with Crippen molar-refractivity contribution in [3.8, 4) is 5.75 Å². The summed E-state index contributed by atoms with van der Waals surface area (Å²) in [6.45, 7) is 0. The highest BCUT2D eigenvalue weighted by Gasteiger charge is 2.30. The Morgan fingerprint density at radius 2 is 1.80 bits per heavy atom. The molecule has 0 fully saturated rings. The van der Waals surface area contributed by atoms with Gasteiger partial charge in [-0.1, -0.05) is 12.1 Å². The van der Waals surface area contributed by atoms with E-state index in [1.165, 1.54) is 31.6 Å². The molecule has 1 aromatic heterocycles. The van der Waals surface area contributed by atoms with Crippen LogP contribution >= 0.6 is 0 Å². The number of nitrogens with zero attached hydrogens (tertiary/aromatic N) is 1. The standard InChI is InChI=1S/C14H12F3NO2/c1-20-12-8-18-7-6-11(12)13(19)9-2-4-10(5-3-9)14(15,16)17/h2-8,13,19H,1H3. The number of methoxy groups -OCH3 is 1. The van der Waals surface area contributed by atoms with Gasteiger partial charge >= 0.3 is 6.18 Å². The summed E-state index contributed by atoms with van der Waals surface area (Å²) in [7, 11) is 1.43. The van der Waals surface area contributed by atoms with Crippen LogP contribution in [-0.4, -0.2) is 17.2 Å². The van der Waals surface area contributed by atoms with Gasteiger partial charge in [0.25, 0.3) is 0 Å². The molecule has 0 saturated heterocycles. The number of halogens is 3. The van der Waals surface area contributed by atoms with Gasteiger partial charge in [0.15, 0.2) is 0 Å². The number of pyridine rings is 1. The maximum absolute atomic E-state index is 12.5. The molecule has 2 aromatic rings. The maximum Gasteiger partial charge on any atom is 0.416 e. The van der Waals surface area contributed by atoms with Gasteiger partial charge in [0.1, 0.15) is 11.9 Å². The van der Waals surface area contributed by atoms with Crippen LogP contribution in [0.4, 0.5) is 13.2 Å². The van der Waals surface area contributed by atoms with Gasteiger partial charge in [-0.15, -0.1) is 0 Å². The number of rotatable bonds is 3. The van der Waals surface area contributed by atoms with Crippen LogP contribution in [0.25, 0.3) is 0 Å². The van der Waals surface area contributed by atoms with E-state index in [1.54, 1.807) is 6.07 Å². The topological polar surface area (TPSA) is 42.4 Å². The molecule has 0 radical (unpaired) electrons. The summed E-state index contributed by atoms with van der Waals surface area (Å²) in [5, 5.41) is 10.2. The van der Waals surface area contributed by atoms with Gasteiger partial charge in [-0.25, -0.2) is 0 Å². The minimum absolute atomic E-state index is 0.350. The molecule has 1 N–H and O–H groups in total. The van der Waals surface area contributed by atoms with Crippen molar-refractivity contribution in [3.05, 3.63) is 59.4 Å². The number of alkyl halides is 3. The van der Waals surface area contributed by atoms with Gasteiger partial charge in [0.05, 0.1) is 18.9 Å². The van der Waals surface area contributed by atoms with E-state index in [1.807, 2.05) is 0 Å². The van der Waals surface area contributed by atoms with Crippen LogP contribution in [0.15, 0.2) is 42.7 Å². The van der Waals surface area contributed by atoms with Gasteiger partial charge in [-0.2, -0.15) is 13.2 Å². The first-order valence-corrected chi connectivity index (χ1v) is 5.76. The van der Waals surface area contributed by atoms with Crippen molar-refractivity contribution in [2.75, 3.05) is 7.11 Å². The van der Waals surface area contributed by atoms with Crippen molar-refractivity contribution < 1.29 is 23.0 Å². The maximum atomic E-state index is 12.5. The molecule has 6 heteroatoms. The molecule has 0 aliphatic heterocycles. The zero-order valence-electron chi connectivity index (χ0n) is 10.6. The average Bonchev–Trinajstić information content (AvgIpc) is 2.45. The Balaban J connectivity index is 2.32. The number of ether oxygens (including phenoxy) is 1. The van der Waals surface area contributed by atoms with Crippen molar-refractivity contribution >= 4 is 0 Å². The first-order valence-electron chi connectivity index (χ1n) is 5.76. The van der Waals surface area contributed by atoms with E-state index in [0.29, 0.717) is 16.9 Å². The van der Waals surface area contributed by atoms with Gasteiger partial charge in [-0.3, -0.25) is 4.98 Å². The molecule has 1 unspecified atom stereocenters. The molecule has 106 valence electrons. The van der Waals surface area contributed by atoms with Crippen LogP contribution in [-0.2, 0) is 6.18 Å². The molecule has 2 rings (SSSR count). The summed E-state index contributed by atoms with van der Waals surface area (Å²) in [6, 6.07) is 5.92. The molecular formula is C14H12F3NO2. The Bertz CT molecular complexity index is 582. The molecule has 0 aliphatic rings. The van der Waals surface area contributed by atoms with Crippen LogP contribution in [0, 0.1) is 0 Å². The van der Waals surface area contributed by atoms with Crippen LogP contribution in [0.3, 0.4) is 0 Å². The number of aliphatic hydroxyl groups excluding tert-OH is 1. The van der Waals surface area contributed by atoms with Crippen molar-refractivity contribution in [1.29, 1.82) is 0 Å². The van der Waals surface area contributed by atoms with E-state index < -0.39 is 17.8 Å². The Labute approximate surface area is 113 Å². The predicted molar refractivity (Wildman–Crippen MR) is 66.3 cm³/mol. The normalized spacial score (nSPS) is 13.1. The number of benzene rings is 1. The molecule has 3 nitrogen and oxygen atoms in total. The zero-order valence-corrected chi connectivity index (χ0v) is 10.6. The second-order valence-electron chi connectivity index (χ2n) is 4.14. The molecule has 0 saturated carbocycles. The van der Waals surface area contributed by atoms with Gasteiger partial charge in [0, 0.05) is 11.8 Å². The Kier molecular flexibility index (Phi) is 3.94. The highest BCUT2D eigenvalue weighted by molar-refractivity contribution is 5.39. The third kappa shape index (κ3) is 2.91. The second-order valence-corrected chi connectivity index (χ2v) is 4.14. The molecule has 1 heterocycles. The molecule has 0 spiro atoms. The van der Waals surface area contributed by atoms with Crippen molar-refractivity contribution in [1.82, 2.24) is 4.98 Å². The molecular weight excluding hydrogens is 271 g/mol. The van der Waals surface area contributed by atoms with Crippen LogP contribution in [0.1, 0.15) is 22.8 Å². The minimum atomic E-state index is -4.39. The molecule has 1 aromatic carbocycles. The monoisotopic (exact) mass is 283 g/mol. The van der Waals surface area contributed by atoms with Crippen molar-refractivity contribution in [2.24, 2.45) is 0 Å². The van der Waals surface area contributed by atoms with Gasteiger partial charge in [0.2, 0.25) is 0 Å². The summed E-state index contributed by atoms with van der Waals surface area (Å²) in [6.07, 6.45) is -2.55. The Morgan fingerprint density at radius 3 is 2.35 bits per heavy atom. The lowest BCUT2D eigenvalue weighted by Gasteiger charge is -2.15. The average molecular weight is 283 g/mol.